The van der Waals surface area contributed by atoms with E-state index in [0.29, 0.717) is 0 Å². The third kappa shape index (κ3) is 6.70. The van der Waals surface area contributed by atoms with Crippen molar-refractivity contribution in [2.75, 3.05) is 26.8 Å². The second-order valence-corrected chi connectivity index (χ2v) is 8.52. The highest BCUT2D eigenvalue weighted by Gasteiger charge is 2.34. The summed E-state index contributed by atoms with van der Waals surface area (Å²) in [5, 5.41) is 0. The molecule has 0 spiro atoms. The molecule has 0 N–H and O–H groups in total. The van der Waals surface area contributed by atoms with Gasteiger partial charge in [0.1, 0.15) is 0 Å². The largest absolute Gasteiger partial charge is 0.385 e. The number of nitrogens with zero attached hydrogens (tertiary/aromatic N) is 2. The summed E-state index contributed by atoms with van der Waals surface area (Å²) in [6.07, 6.45) is 5.53. The number of methoxy groups -OCH3 is 1. The first-order valence-electron chi connectivity index (χ1n) is 9.87. The van der Waals surface area contributed by atoms with Gasteiger partial charge < -0.3 is 4.74 Å². The van der Waals surface area contributed by atoms with E-state index in [-0.39, 0.29) is 5.54 Å². The molecule has 3 rings (SSSR count). The second kappa shape index (κ2) is 10.9. The van der Waals surface area contributed by atoms with Gasteiger partial charge in [-0.3, -0.25) is 9.88 Å². The molecule has 1 unspecified atom stereocenters. The predicted octanol–water partition coefficient (Wildman–Crippen LogP) is 5.69. The summed E-state index contributed by atoms with van der Waals surface area (Å²) < 4.78 is 5.69. The van der Waals surface area contributed by atoms with E-state index in [9.17, 15) is 0 Å². The molecule has 148 valence electrons. The summed E-state index contributed by atoms with van der Waals surface area (Å²) >= 11 is 3.53. The molecular formula is C23H33BrN2O. The number of aromatic nitrogens is 1. The molecule has 0 saturated carbocycles. The Morgan fingerprint density at radius 3 is 2.48 bits per heavy atom. The Morgan fingerprint density at radius 2 is 1.89 bits per heavy atom. The Morgan fingerprint density at radius 1 is 1.19 bits per heavy atom. The number of benzene rings is 1. The zero-order valence-corrected chi connectivity index (χ0v) is 18.7. The van der Waals surface area contributed by atoms with E-state index in [1.165, 1.54) is 37.2 Å². The summed E-state index contributed by atoms with van der Waals surface area (Å²) in [7, 11) is 1.68. The molecule has 1 aromatic heterocycles. The molecule has 1 fully saturated rings. The number of rotatable bonds is 6. The molecule has 0 bridgehead atoms. The maximum absolute atomic E-state index is 4.54. The number of aryl methyl sites for hydroxylation is 1. The van der Waals surface area contributed by atoms with Gasteiger partial charge in [-0.2, -0.15) is 0 Å². The van der Waals surface area contributed by atoms with Gasteiger partial charge in [0.05, 0.1) is 0 Å². The van der Waals surface area contributed by atoms with Crippen molar-refractivity contribution < 1.29 is 4.74 Å². The Balaban J connectivity index is 0.000000596. The molecule has 3 nitrogen and oxygen atoms in total. The molecule has 0 aliphatic carbocycles. The highest BCUT2D eigenvalue weighted by molar-refractivity contribution is 9.10. The van der Waals surface area contributed by atoms with Gasteiger partial charge in [0.25, 0.3) is 0 Å². The van der Waals surface area contributed by atoms with Crippen molar-refractivity contribution in [3.63, 3.8) is 0 Å². The van der Waals surface area contributed by atoms with Gasteiger partial charge >= 0.3 is 0 Å². The van der Waals surface area contributed by atoms with Crippen molar-refractivity contribution >= 4 is 15.9 Å². The number of hydrogen-bond donors (Lipinski definition) is 0. The zero-order valence-electron chi connectivity index (χ0n) is 17.1. The Bertz CT molecular complexity index is 656. The molecule has 4 heteroatoms. The number of halogens is 1. The van der Waals surface area contributed by atoms with Crippen molar-refractivity contribution in [3.05, 3.63) is 64.4 Å². The smallest absolute Gasteiger partial charge is 0.0433 e. The fourth-order valence-corrected chi connectivity index (χ4v) is 3.78. The first kappa shape index (κ1) is 22.1. The van der Waals surface area contributed by atoms with E-state index < -0.39 is 0 Å². The summed E-state index contributed by atoms with van der Waals surface area (Å²) in [6.45, 7) is 9.85. The number of hydrogen-bond acceptors (Lipinski definition) is 3. The van der Waals surface area contributed by atoms with Gasteiger partial charge in [-0.1, -0.05) is 34.1 Å². The maximum Gasteiger partial charge on any atom is 0.0433 e. The quantitative estimate of drug-likeness (QED) is 0.586. The lowest BCUT2D eigenvalue weighted by molar-refractivity contribution is 0.148. The third-order valence-electron chi connectivity index (χ3n) is 5.45. The molecule has 0 amide bonds. The van der Waals surface area contributed by atoms with Gasteiger partial charge in [0.15, 0.2) is 0 Å². The summed E-state index contributed by atoms with van der Waals surface area (Å²) in [5.74, 6) is 0.784. The van der Waals surface area contributed by atoms with Crippen LogP contribution in [0.3, 0.4) is 0 Å². The third-order valence-corrected chi connectivity index (χ3v) is 5.98. The topological polar surface area (TPSA) is 25.4 Å². The van der Waals surface area contributed by atoms with E-state index in [1.807, 2.05) is 19.2 Å². The minimum absolute atomic E-state index is 0.0977. The summed E-state index contributed by atoms with van der Waals surface area (Å²) in [6, 6.07) is 15.0. The zero-order chi connectivity index (χ0) is 19.7. The molecule has 2 heterocycles. The molecular weight excluding hydrogens is 400 g/mol. The summed E-state index contributed by atoms with van der Waals surface area (Å²) in [4.78, 5) is 7.08. The molecule has 0 radical (unpaired) electrons. The van der Waals surface area contributed by atoms with Crippen LogP contribution in [0.4, 0.5) is 0 Å². The summed E-state index contributed by atoms with van der Waals surface area (Å²) in [5.41, 5.74) is 2.71. The molecule has 1 aliphatic rings. The fourth-order valence-electron chi connectivity index (χ4n) is 3.51. The van der Waals surface area contributed by atoms with Crippen LogP contribution in [0.25, 0.3) is 0 Å². The molecule has 1 saturated heterocycles. The molecule has 1 aliphatic heterocycles. The average Bonchev–Trinajstić information content (AvgIpc) is 3.18. The van der Waals surface area contributed by atoms with E-state index >= 15 is 0 Å². The minimum Gasteiger partial charge on any atom is -0.385 e. The van der Waals surface area contributed by atoms with Crippen LogP contribution in [0.15, 0.2) is 53.1 Å². The second-order valence-electron chi connectivity index (χ2n) is 7.60. The standard InChI is InChI=1S/C20H25BrN2.C3H8O/c1-20(2,17-7-9-18(21)10-8-17)23-14-12-16(15-23)6-11-19-5-3-4-13-22-19;1-3-4-2/h3-5,7-10,13,16H,6,11-12,14-15H2,1-2H3;3H2,1-2H3. The first-order valence-corrected chi connectivity index (χ1v) is 10.7. The van der Waals surface area contributed by atoms with Crippen molar-refractivity contribution in [1.82, 2.24) is 9.88 Å². The van der Waals surface area contributed by atoms with Crippen LogP contribution in [0.5, 0.6) is 0 Å². The lowest BCUT2D eigenvalue weighted by atomic mass is 9.92. The van der Waals surface area contributed by atoms with Gasteiger partial charge in [0, 0.05) is 42.2 Å². The van der Waals surface area contributed by atoms with E-state index in [4.69, 9.17) is 0 Å². The minimum atomic E-state index is 0.0977. The lowest BCUT2D eigenvalue weighted by Crippen LogP contribution is -2.39. The normalized spacial score (nSPS) is 17.4. The van der Waals surface area contributed by atoms with Crippen molar-refractivity contribution in [3.8, 4) is 0 Å². The van der Waals surface area contributed by atoms with E-state index in [2.05, 4.69) is 80.8 Å². The van der Waals surface area contributed by atoms with Gasteiger partial charge in [-0.05, 0) is 82.3 Å². The SMILES string of the molecule is CC(C)(c1ccc(Br)cc1)N1CCC(CCc2ccccn2)C1.CCOC. The first-order chi connectivity index (χ1) is 13.0. The van der Waals surface area contributed by atoms with Gasteiger partial charge in [-0.25, -0.2) is 0 Å². The van der Waals surface area contributed by atoms with Crippen LogP contribution in [-0.2, 0) is 16.7 Å². The maximum atomic E-state index is 4.54. The Kier molecular flexibility index (Phi) is 8.94. The number of likely N-dealkylation sites (tertiary alicyclic amines) is 1. The fraction of sp³-hybridized carbons (Fsp3) is 0.522. The highest BCUT2D eigenvalue weighted by Crippen LogP contribution is 2.34. The number of pyridine rings is 1. The lowest BCUT2D eigenvalue weighted by Gasteiger charge is -2.36. The van der Waals surface area contributed by atoms with Crippen LogP contribution in [-0.4, -0.2) is 36.7 Å². The Hall–Kier alpha value is -1.23. The van der Waals surface area contributed by atoms with Crippen LogP contribution in [0.1, 0.15) is 44.9 Å². The van der Waals surface area contributed by atoms with Crippen LogP contribution in [0, 0.1) is 5.92 Å². The molecule has 1 atom stereocenters. The van der Waals surface area contributed by atoms with Crippen LogP contribution < -0.4 is 0 Å². The average molecular weight is 433 g/mol. The van der Waals surface area contributed by atoms with Crippen LogP contribution in [0.2, 0.25) is 0 Å². The van der Waals surface area contributed by atoms with Gasteiger partial charge in [-0.15, -0.1) is 0 Å². The van der Waals surface area contributed by atoms with E-state index in [1.54, 1.807) is 7.11 Å². The predicted molar refractivity (Wildman–Crippen MR) is 117 cm³/mol. The number of ether oxygens (including phenoxy) is 1. The Labute approximate surface area is 173 Å². The highest BCUT2D eigenvalue weighted by atomic mass is 79.9. The molecule has 1 aromatic carbocycles. The van der Waals surface area contributed by atoms with E-state index in [0.717, 1.165) is 23.4 Å². The molecule has 27 heavy (non-hydrogen) atoms. The van der Waals surface area contributed by atoms with Gasteiger partial charge in [0.2, 0.25) is 0 Å². The van der Waals surface area contributed by atoms with Crippen molar-refractivity contribution in [1.29, 1.82) is 0 Å². The monoisotopic (exact) mass is 432 g/mol. The van der Waals surface area contributed by atoms with Crippen LogP contribution >= 0.6 is 15.9 Å². The molecule has 2 aromatic rings. The van der Waals surface area contributed by atoms with Crippen molar-refractivity contribution in [2.24, 2.45) is 5.92 Å². The van der Waals surface area contributed by atoms with Crippen molar-refractivity contribution in [2.45, 2.75) is 45.6 Å².